The molecule has 0 radical (unpaired) electrons. The van der Waals surface area contributed by atoms with E-state index in [1.54, 1.807) is 14.2 Å². The largest absolute Gasteiger partial charge is 0.493 e. The van der Waals surface area contributed by atoms with Crippen molar-refractivity contribution in [3.8, 4) is 11.5 Å². The minimum Gasteiger partial charge on any atom is -0.493 e. The number of para-hydroxylation sites is 1. The molecule has 0 aromatic heterocycles. The van der Waals surface area contributed by atoms with Gasteiger partial charge in [-0.05, 0) is 49.0 Å². The molecule has 1 atom stereocenters. The van der Waals surface area contributed by atoms with Gasteiger partial charge in [0.1, 0.15) is 0 Å². The first-order valence-corrected chi connectivity index (χ1v) is 7.39. The number of anilines is 1. The smallest absolute Gasteiger partial charge is 0.171 e. The Labute approximate surface area is 136 Å². The van der Waals surface area contributed by atoms with Crippen molar-refractivity contribution >= 4 is 23.0 Å². The average Bonchev–Trinajstić information content (AvgIpc) is 2.54. The van der Waals surface area contributed by atoms with Gasteiger partial charge in [-0.25, -0.2) is 0 Å². The molecule has 0 amide bonds. The van der Waals surface area contributed by atoms with Gasteiger partial charge in [-0.2, -0.15) is 0 Å². The van der Waals surface area contributed by atoms with Crippen LogP contribution in [-0.2, 0) is 0 Å². The summed E-state index contributed by atoms with van der Waals surface area (Å²) in [4.78, 5) is 0. The highest BCUT2D eigenvalue weighted by molar-refractivity contribution is 7.80. The predicted octanol–water partition coefficient (Wildman–Crippen LogP) is 3.75. The summed E-state index contributed by atoms with van der Waals surface area (Å²) in [6.45, 7) is 2.04. The molecule has 22 heavy (non-hydrogen) atoms. The summed E-state index contributed by atoms with van der Waals surface area (Å²) in [6, 6.07) is 15.7. The second-order valence-corrected chi connectivity index (χ2v) is 5.21. The van der Waals surface area contributed by atoms with Crippen molar-refractivity contribution in [2.45, 2.75) is 13.0 Å². The number of ether oxygens (including phenoxy) is 2. The first-order valence-electron chi connectivity index (χ1n) is 6.98. The molecule has 0 bridgehead atoms. The van der Waals surface area contributed by atoms with Crippen molar-refractivity contribution in [2.24, 2.45) is 0 Å². The molecule has 5 heteroatoms. The quantitative estimate of drug-likeness (QED) is 0.822. The Morgan fingerprint density at radius 3 is 2.32 bits per heavy atom. The Hall–Kier alpha value is -2.27. The van der Waals surface area contributed by atoms with Gasteiger partial charge in [0.2, 0.25) is 0 Å². The fourth-order valence-corrected chi connectivity index (χ4v) is 2.39. The number of hydrogen-bond donors (Lipinski definition) is 2. The highest BCUT2D eigenvalue weighted by Gasteiger charge is 2.11. The third kappa shape index (κ3) is 4.11. The van der Waals surface area contributed by atoms with Gasteiger partial charge in [0.25, 0.3) is 0 Å². The van der Waals surface area contributed by atoms with E-state index in [1.807, 2.05) is 55.5 Å². The lowest BCUT2D eigenvalue weighted by Crippen LogP contribution is -2.30. The molecule has 4 nitrogen and oxygen atoms in total. The van der Waals surface area contributed by atoms with E-state index in [0.717, 1.165) is 11.3 Å². The van der Waals surface area contributed by atoms with Gasteiger partial charge in [-0.15, -0.1) is 0 Å². The molecule has 0 aliphatic rings. The van der Waals surface area contributed by atoms with Crippen LogP contribution in [0.1, 0.15) is 18.5 Å². The van der Waals surface area contributed by atoms with E-state index in [2.05, 4.69) is 10.6 Å². The van der Waals surface area contributed by atoms with Gasteiger partial charge in [0.15, 0.2) is 16.6 Å². The third-order valence-electron chi connectivity index (χ3n) is 3.29. The molecule has 0 fully saturated rings. The zero-order valence-corrected chi connectivity index (χ0v) is 13.7. The lowest BCUT2D eigenvalue weighted by atomic mass is 10.1. The van der Waals surface area contributed by atoms with Crippen LogP contribution in [0.15, 0.2) is 48.5 Å². The van der Waals surface area contributed by atoms with Crippen molar-refractivity contribution in [1.29, 1.82) is 0 Å². The van der Waals surface area contributed by atoms with Gasteiger partial charge in [-0.3, -0.25) is 0 Å². The zero-order chi connectivity index (χ0) is 15.9. The second-order valence-electron chi connectivity index (χ2n) is 4.80. The Morgan fingerprint density at radius 2 is 1.68 bits per heavy atom. The van der Waals surface area contributed by atoms with Crippen molar-refractivity contribution < 1.29 is 9.47 Å². The number of hydrogen-bond acceptors (Lipinski definition) is 3. The number of rotatable bonds is 5. The van der Waals surface area contributed by atoms with Crippen LogP contribution >= 0.6 is 12.2 Å². The predicted molar refractivity (Wildman–Crippen MR) is 93.8 cm³/mol. The lowest BCUT2D eigenvalue weighted by Gasteiger charge is -2.18. The molecular weight excluding hydrogens is 296 g/mol. The highest BCUT2D eigenvalue weighted by atomic mass is 32.1. The minimum absolute atomic E-state index is 0.0449. The summed E-state index contributed by atoms with van der Waals surface area (Å²) in [5.74, 6) is 1.42. The van der Waals surface area contributed by atoms with Gasteiger partial charge in [0, 0.05) is 5.69 Å². The van der Waals surface area contributed by atoms with Gasteiger partial charge in [-0.1, -0.05) is 24.3 Å². The Balaban J connectivity index is 2.02. The summed E-state index contributed by atoms with van der Waals surface area (Å²) in [7, 11) is 3.25. The van der Waals surface area contributed by atoms with E-state index < -0.39 is 0 Å². The fourth-order valence-electron chi connectivity index (χ4n) is 2.09. The molecule has 2 aromatic carbocycles. The molecule has 0 heterocycles. The van der Waals surface area contributed by atoms with E-state index in [9.17, 15) is 0 Å². The molecule has 116 valence electrons. The normalized spacial score (nSPS) is 11.4. The molecule has 0 spiro atoms. The molecule has 0 saturated heterocycles. The van der Waals surface area contributed by atoms with Crippen molar-refractivity contribution in [3.63, 3.8) is 0 Å². The highest BCUT2D eigenvalue weighted by Crippen LogP contribution is 2.29. The summed E-state index contributed by atoms with van der Waals surface area (Å²) in [5.41, 5.74) is 2.02. The van der Waals surface area contributed by atoms with Crippen LogP contribution in [-0.4, -0.2) is 19.3 Å². The van der Waals surface area contributed by atoms with Crippen molar-refractivity contribution in [3.05, 3.63) is 54.1 Å². The molecule has 0 aliphatic heterocycles. The number of thiocarbonyl (C=S) groups is 1. The third-order valence-corrected chi connectivity index (χ3v) is 3.51. The monoisotopic (exact) mass is 316 g/mol. The number of benzene rings is 2. The van der Waals surface area contributed by atoms with E-state index in [1.165, 1.54) is 0 Å². The van der Waals surface area contributed by atoms with E-state index in [0.29, 0.717) is 16.6 Å². The standard InChI is InChI=1S/C17H20N2O2S/c1-12(13-9-10-15(20-2)16(11-13)21-3)18-17(22)19-14-7-5-4-6-8-14/h4-12H,1-3H3,(H2,18,19,22). The first kappa shape index (κ1) is 16.1. The Morgan fingerprint density at radius 1 is 1.00 bits per heavy atom. The number of methoxy groups -OCH3 is 2. The summed E-state index contributed by atoms with van der Waals surface area (Å²) in [6.07, 6.45) is 0. The molecule has 0 saturated carbocycles. The molecule has 2 rings (SSSR count). The van der Waals surface area contributed by atoms with E-state index >= 15 is 0 Å². The molecular formula is C17H20N2O2S. The molecule has 2 aromatic rings. The van der Waals surface area contributed by atoms with Crippen LogP contribution in [0, 0.1) is 0 Å². The Kier molecular flexibility index (Phi) is 5.61. The van der Waals surface area contributed by atoms with E-state index in [-0.39, 0.29) is 6.04 Å². The zero-order valence-electron chi connectivity index (χ0n) is 12.9. The summed E-state index contributed by atoms with van der Waals surface area (Å²) < 4.78 is 10.6. The fraction of sp³-hybridized carbons (Fsp3) is 0.235. The van der Waals surface area contributed by atoms with Crippen molar-refractivity contribution in [1.82, 2.24) is 5.32 Å². The van der Waals surface area contributed by atoms with Crippen LogP contribution in [0.2, 0.25) is 0 Å². The van der Waals surface area contributed by atoms with Crippen LogP contribution in [0.3, 0.4) is 0 Å². The maximum atomic E-state index is 5.34. The Bertz CT molecular complexity index is 632. The van der Waals surface area contributed by atoms with Gasteiger partial charge >= 0.3 is 0 Å². The summed E-state index contributed by atoms with van der Waals surface area (Å²) in [5, 5.41) is 6.99. The van der Waals surface area contributed by atoms with Crippen molar-refractivity contribution in [2.75, 3.05) is 19.5 Å². The van der Waals surface area contributed by atoms with Crippen LogP contribution < -0.4 is 20.1 Å². The maximum absolute atomic E-state index is 5.34. The average molecular weight is 316 g/mol. The first-order chi connectivity index (χ1) is 10.6. The summed E-state index contributed by atoms with van der Waals surface area (Å²) >= 11 is 5.34. The van der Waals surface area contributed by atoms with Crippen LogP contribution in [0.5, 0.6) is 11.5 Å². The molecule has 1 unspecified atom stereocenters. The number of nitrogens with one attached hydrogen (secondary N) is 2. The maximum Gasteiger partial charge on any atom is 0.171 e. The minimum atomic E-state index is 0.0449. The molecule has 2 N–H and O–H groups in total. The van der Waals surface area contributed by atoms with E-state index in [4.69, 9.17) is 21.7 Å². The van der Waals surface area contributed by atoms with Gasteiger partial charge < -0.3 is 20.1 Å². The van der Waals surface area contributed by atoms with Crippen LogP contribution in [0.4, 0.5) is 5.69 Å². The van der Waals surface area contributed by atoms with Crippen LogP contribution in [0.25, 0.3) is 0 Å². The van der Waals surface area contributed by atoms with Gasteiger partial charge in [0.05, 0.1) is 20.3 Å². The molecule has 0 aliphatic carbocycles. The topological polar surface area (TPSA) is 42.5 Å². The second kappa shape index (κ2) is 7.66. The lowest BCUT2D eigenvalue weighted by molar-refractivity contribution is 0.354. The SMILES string of the molecule is COc1ccc(C(C)NC(=S)Nc2ccccc2)cc1OC.